The van der Waals surface area contributed by atoms with Gasteiger partial charge in [0.1, 0.15) is 5.76 Å². The molecule has 0 saturated heterocycles. The van der Waals surface area contributed by atoms with Gasteiger partial charge in [0.25, 0.3) is 0 Å². The number of furan rings is 1. The largest absolute Gasteiger partial charge is 0.469 e. The maximum absolute atomic E-state index is 11.3. The van der Waals surface area contributed by atoms with E-state index in [2.05, 4.69) is 20.8 Å². The SMILES string of the molecule is CC1(C)CCC[C@@]2(C)[C@@H]1[C@@H](O)[C@H](O)[C@H]1[C@@H]2Cc2occc2[C@@]1(C)O. The zero-order valence-electron chi connectivity index (χ0n) is 15.1. The van der Waals surface area contributed by atoms with Crippen molar-refractivity contribution in [3.05, 3.63) is 23.7 Å². The third kappa shape index (κ3) is 1.91. The van der Waals surface area contributed by atoms with E-state index >= 15 is 0 Å². The molecule has 2 saturated carbocycles. The maximum Gasteiger partial charge on any atom is 0.110 e. The summed E-state index contributed by atoms with van der Waals surface area (Å²) in [4.78, 5) is 0. The van der Waals surface area contributed by atoms with Crippen LogP contribution in [-0.4, -0.2) is 27.5 Å². The van der Waals surface area contributed by atoms with Crippen LogP contribution in [-0.2, 0) is 12.0 Å². The van der Waals surface area contributed by atoms with Gasteiger partial charge in [-0.1, -0.05) is 27.2 Å². The first-order valence-electron chi connectivity index (χ1n) is 9.26. The number of hydrogen-bond donors (Lipinski definition) is 3. The van der Waals surface area contributed by atoms with Crippen molar-refractivity contribution in [1.29, 1.82) is 0 Å². The third-order valence-electron chi connectivity index (χ3n) is 7.77. The lowest BCUT2D eigenvalue weighted by Gasteiger charge is -2.65. The Hall–Kier alpha value is -0.840. The Morgan fingerprint density at radius 2 is 1.79 bits per heavy atom. The van der Waals surface area contributed by atoms with Crippen LogP contribution in [0.4, 0.5) is 0 Å². The summed E-state index contributed by atoms with van der Waals surface area (Å²) in [5.74, 6) is 0.609. The third-order valence-corrected chi connectivity index (χ3v) is 7.77. The molecule has 0 aromatic carbocycles. The first-order valence-corrected chi connectivity index (χ1v) is 9.26. The molecule has 2 fully saturated rings. The lowest BCUT2D eigenvalue weighted by atomic mass is 9.42. The van der Waals surface area contributed by atoms with Gasteiger partial charge in [-0.15, -0.1) is 0 Å². The van der Waals surface area contributed by atoms with Crippen molar-refractivity contribution in [2.75, 3.05) is 0 Å². The zero-order chi connectivity index (χ0) is 17.5. The summed E-state index contributed by atoms with van der Waals surface area (Å²) in [5.41, 5.74) is -0.541. The zero-order valence-corrected chi connectivity index (χ0v) is 15.1. The second kappa shape index (κ2) is 4.87. The smallest absolute Gasteiger partial charge is 0.110 e. The minimum Gasteiger partial charge on any atom is -0.469 e. The van der Waals surface area contributed by atoms with Crippen molar-refractivity contribution in [2.24, 2.45) is 28.6 Å². The fourth-order valence-electron chi connectivity index (χ4n) is 6.87. The number of aliphatic hydroxyl groups excluding tert-OH is 2. The molecule has 1 heterocycles. The molecule has 0 amide bonds. The van der Waals surface area contributed by atoms with Gasteiger partial charge in [-0.25, -0.2) is 0 Å². The first kappa shape index (κ1) is 16.6. The van der Waals surface area contributed by atoms with E-state index in [1.807, 2.05) is 6.07 Å². The van der Waals surface area contributed by atoms with E-state index < -0.39 is 17.8 Å². The summed E-state index contributed by atoms with van der Waals surface area (Å²) in [6.45, 7) is 8.45. The van der Waals surface area contributed by atoms with Gasteiger partial charge in [-0.3, -0.25) is 0 Å². The van der Waals surface area contributed by atoms with Gasteiger partial charge in [-0.2, -0.15) is 0 Å². The molecule has 0 spiro atoms. The molecule has 7 atom stereocenters. The molecule has 3 N–H and O–H groups in total. The highest BCUT2D eigenvalue weighted by atomic mass is 16.3. The Balaban J connectivity index is 1.88. The van der Waals surface area contributed by atoms with Gasteiger partial charge in [0, 0.05) is 17.9 Å². The second-order valence-corrected chi connectivity index (χ2v) is 9.55. The van der Waals surface area contributed by atoms with Crippen LogP contribution in [0, 0.1) is 28.6 Å². The van der Waals surface area contributed by atoms with E-state index in [9.17, 15) is 15.3 Å². The molecule has 0 unspecified atom stereocenters. The topological polar surface area (TPSA) is 73.8 Å². The molecule has 1 aromatic heterocycles. The predicted molar refractivity (Wildman–Crippen MR) is 90.2 cm³/mol. The Kier molecular flexibility index (Phi) is 3.37. The summed E-state index contributed by atoms with van der Waals surface area (Å²) in [5, 5.41) is 33.4. The number of aliphatic hydroxyl groups is 3. The summed E-state index contributed by atoms with van der Waals surface area (Å²) in [7, 11) is 0. The average molecular weight is 334 g/mol. The number of hydrogen-bond acceptors (Lipinski definition) is 4. The molecule has 3 aliphatic carbocycles. The highest BCUT2D eigenvalue weighted by Crippen LogP contribution is 2.65. The number of rotatable bonds is 0. The van der Waals surface area contributed by atoms with Crippen molar-refractivity contribution in [2.45, 2.75) is 71.2 Å². The quantitative estimate of drug-likeness (QED) is 0.682. The van der Waals surface area contributed by atoms with Crippen molar-refractivity contribution < 1.29 is 19.7 Å². The van der Waals surface area contributed by atoms with Crippen LogP contribution in [0.5, 0.6) is 0 Å². The number of fused-ring (bicyclic) bond motifs is 4. The van der Waals surface area contributed by atoms with Gasteiger partial charge in [0.05, 0.1) is 24.1 Å². The Labute approximate surface area is 143 Å². The molecule has 4 rings (SSSR count). The fraction of sp³-hybridized carbons (Fsp3) is 0.800. The normalized spacial score (nSPS) is 49.9. The maximum atomic E-state index is 11.3. The molecule has 0 radical (unpaired) electrons. The molecule has 3 aliphatic rings. The minimum absolute atomic E-state index is 0.0202. The summed E-state index contributed by atoms with van der Waals surface area (Å²) >= 11 is 0. The van der Waals surface area contributed by atoms with Gasteiger partial charge >= 0.3 is 0 Å². The van der Waals surface area contributed by atoms with E-state index in [1.54, 1.807) is 13.2 Å². The Morgan fingerprint density at radius 1 is 1.08 bits per heavy atom. The van der Waals surface area contributed by atoms with Crippen LogP contribution in [0.3, 0.4) is 0 Å². The monoisotopic (exact) mass is 334 g/mol. The Bertz CT molecular complexity index is 646. The molecule has 4 nitrogen and oxygen atoms in total. The standard InChI is InChI=1S/C20H30O4/c1-18(2)7-5-8-19(3)12-10-13-11(6-9-24-13)20(4,23)14(12)15(21)16(22)17(18)19/h6,9,12,14-17,21-23H,5,7-8,10H2,1-4H3/t12-,14+,15+,16-,17+,19+,20+/m0/s1. The van der Waals surface area contributed by atoms with Crippen LogP contribution in [0.1, 0.15) is 58.3 Å². The van der Waals surface area contributed by atoms with Crippen LogP contribution < -0.4 is 0 Å². The lowest BCUT2D eigenvalue weighted by molar-refractivity contribution is -0.250. The van der Waals surface area contributed by atoms with E-state index in [1.165, 1.54) is 0 Å². The molecular formula is C20H30O4. The van der Waals surface area contributed by atoms with Crippen LogP contribution >= 0.6 is 0 Å². The fourth-order valence-corrected chi connectivity index (χ4v) is 6.87. The molecule has 134 valence electrons. The molecule has 0 bridgehead atoms. The van der Waals surface area contributed by atoms with Gasteiger partial charge < -0.3 is 19.7 Å². The predicted octanol–water partition coefficient (Wildman–Crippen LogP) is 2.84. The van der Waals surface area contributed by atoms with Crippen molar-refractivity contribution in [3.63, 3.8) is 0 Å². The summed E-state index contributed by atoms with van der Waals surface area (Å²) in [6, 6.07) is 1.81. The van der Waals surface area contributed by atoms with Gasteiger partial charge in [-0.05, 0) is 48.5 Å². The highest BCUT2D eigenvalue weighted by molar-refractivity contribution is 5.32. The van der Waals surface area contributed by atoms with Crippen LogP contribution in [0.25, 0.3) is 0 Å². The van der Waals surface area contributed by atoms with Crippen molar-refractivity contribution in [1.82, 2.24) is 0 Å². The molecule has 4 heteroatoms. The summed E-state index contributed by atoms with van der Waals surface area (Å²) in [6.07, 6.45) is 3.86. The average Bonchev–Trinajstić information content (AvgIpc) is 2.93. The Morgan fingerprint density at radius 3 is 2.50 bits per heavy atom. The first-order chi connectivity index (χ1) is 11.1. The van der Waals surface area contributed by atoms with Gasteiger partial charge in [0.15, 0.2) is 0 Å². The van der Waals surface area contributed by atoms with Crippen LogP contribution in [0.15, 0.2) is 16.7 Å². The van der Waals surface area contributed by atoms with Gasteiger partial charge in [0.2, 0.25) is 0 Å². The molecular weight excluding hydrogens is 304 g/mol. The van der Waals surface area contributed by atoms with E-state index in [4.69, 9.17) is 4.42 Å². The van der Waals surface area contributed by atoms with Crippen molar-refractivity contribution >= 4 is 0 Å². The molecule has 1 aromatic rings. The van der Waals surface area contributed by atoms with E-state index in [0.29, 0.717) is 0 Å². The van der Waals surface area contributed by atoms with E-state index in [-0.39, 0.29) is 28.6 Å². The van der Waals surface area contributed by atoms with Crippen LogP contribution in [0.2, 0.25) is 0 Å². The lowest BCUT2D eigenvalue weighted by Crippen LogP contribution is -2.67. The minimum atomic E-state index is -1.18. The summed E-state index contributed by atoms with van der Waals surface area (Å²) < 4.78 is 5.68. The second-order valence-electron chi connectivity index (χ2n) is 9.55. The van der Waals surface area contributed by atoms with E-state index in [0.717, 1.165) is 37.0 Å². The van der Waals surface area contributed by atoms with Crippen molar-refractivity contribution in [3.8, 4) is 0 Å². The molecule has 24 heavy (non-hydrogen) atoms. The molecule has 0 aliphatic heterocycles. The highest BCUT2D eigenvalue weighted by Gasteiger charge is 2.66.